The van der Waals surface area contributed by atoms with Gasteiger partial charge in [0.1, 0.15) is 0 Å². The van der Waals surface area contributed by atoms with E-state index in [1.807, 2.05) is 0 Å². The van der Waals surface area contributed by atoms with Gasteiger partial charge in [-0.3, -0.25) is 20.2 Å². The summed E-state index contributed by atoms with van der Waals surface area (Å²) >= 11 is 0. The molecule has 0 radical (unpaired) electrons. The van der Waals surface area contributed by atoms with Gasteiger partial charge in [-0.1, -0.05) is 0 Å². The van der Waals surface area contributed by atoms with Crippen LogP contribution in [0.5, 0.6) is 5.75 Å². The predicted octanol–water partition coefficient (Wildman–Crippen LogP) is 2.67. The first-order valence-electron chi connectivity index (χ1n) is 6.14. The normalized spacial score (nSPS) is 10.2. The second-order valence-electron chi connectivity index (χ2n) is 4.13. The molecule has 1 rings (SSSR count). The zero-order chi connectivity index (χ0) is 15.4. The van der Waals surface area contributed by atoms with Crippen LogP contribution in [0.1, 0.15) is 19.4 Å². The third kappa shape index (κ3) is 2.63. The maximum Gasteiger partial charge on any atom is 0.341 e. The van der Waals surface area contributed by atoms with Crippen molar-refractivity contribution in [3.63, 3.8) is 0 Å². The second kappa shape index (κ2) is 6.18. The lowest BCUT2D eigenvalue weighted by molar-refractivity contribution is -0.393. The number of ether oxygens (including phenoxy) is 1. The molecular formula is C12H17N3O5. The van der Waals surface area contributed by atoms with Crippen molar-refractivity contribution < 1.29 is 14.6 Å². The number of rotatable bonds is 6. The molecule has 0 aliphatic heterocycles. The fourth-order valence-electron chi connectivity index (χ4n) is 2.17. The Hall–Kier alpha value is -2.38. The SMILES string of the molecule is CCN(CC)c1c([N+](=O)[O-])cc(C)c(OC)c1[N+](=O)[O-]. The lowest BCUT2D eigenvalue weighted by atomic mass is 10.1. The van der Waals surface area contributed by atoms with E-state index in [0.29, 0.717) is 18.7 Å². The zero-order valence-electron chi connectivity index (χ0n) is 11.9. The van der Waals surface area contributed by atoms with Crippen molar-refractivity contribution in [2.24, 2.45) is 0 Å². The molecule has 0 aliphatic rings. The Balaban J connectivity index is 3.81. The number of nitrogens with zero attached hydrogens (tertiary/aromatic N) is 3. The van der Waals surface area contributed by atoms with Crippen LogP contribution in [0.25, 0.3) is 0 Å². The van der Waals surface area contributed by atoms with Crippen LogP contribution >= 0.6 is 0 Å². The third-order valence-electron chi connectivity index (χ3n) is 3.06. The monoisotopic (exact) mass is 283 g/mol. The number of benzene rings is 1. The van der Waals surface area contributed by atoms with Gasteiger partial charge in [-0.15, -0.1) is 0 Å². The van der Waals surface area contributed by atoms with Gasteiger partial charge in [0.2, 0.25) is 5.75 Å². The van der Waals surface area contributed by atoms with Gasteiger partial charge in [0, 0.05) is 24.7 Å². The minimum Gasteiger partial charge on any atom is -0.490 e. The van der Waals surface area contributed by atoms with Crippen LogP contribution in [0, 0.1) is 27.2 Å². The summed E-state index contributed by atoms with van der Waals surface area (Å²) in [6.07, 6.45) is 0. The van der Waals surface area contributed by atoms with Crippen molar-refractivity contribution in [2.75, 3.05) is 25.1 Å². The highest BCUT2D eigenvalue weighted by molar-refractivity contribution is 5.81. The molecule has 0 amide bonds. The molecule has 0 bridgehead atoms. The van der Waals surface area contributed by atoms with Crippen LogP contribution in [0.3, 0.4) is 0 Å². The van der Waals surface area contributed by atoms with E-state index in [2.05, 4.69) is 0 Å². The molecule has 0 aromatic heterocycles. The average molecular weight is 283 g/mol. The molecule has 8 nitrogen and oxygen atoms in total. The highest BCUT2D eigenvalue weighted by Gasteiger charge is 2.34. The Bertz CT molecular complexity index is 540. The first-order chi connectivity index (χ1) is 9.38. The Kier molecular flexibility index (Phi) is 4.84. The molecule has 0 aliphatic carbocycles. The zero-order valence-corrected chi connectivity index (χ0v) is 11.9. The van der Waals surface area contributed by atoms with Crippen molar-refractivity contribution in [1.82, 2.24) is 0 Å². The van der Waals surface area contributed by atoms with Gasteiger partial charge in [-0.2, -0.15) is 0 Å². The van der Waals surface area contributed by atoms with E-state index in [0.717, 1.165) is 0 Å². The van der Waals surface area contributed by atoms with Crippen LogP contribution in [-0.2, 0) is 0 Å². The maximum atomic E-state index is 11.3. The molecule has 0 N–H and O–H groups in total. The number of methoxy groups -OCH3 is 1. The lowest BCUT2D eigenvalue weighted by Crippen LogP contribution is -2.24. The quantitative estimate of drug-likeness (QED) is 0.588. The first-order valence-corrected chi connectivity index (χ1v) is 6.14. The fourth-order valence-corrected chi connectivity index (χ4v) is 2.17. The summed E-state index contributed by atoms with van der Waals surface area (Å²) in [6, 6.07) is 1.31. The van der Waals surface area contributed by atoms with E-state index in [1.54, 1.807) is 25.7 Å². The molecule has 0 heterocycles. The molecule has 0 atom stereocenters. The van der Waals surface area contributed by atoms with E-state index in [9.17, 15) is 20.2 Å². The molecule has 1 aromatic rings. The second-order valence-corrected chi connectivity index (χ2v) is 4.13. The number of hydrogen-bond acceptors (Lipinski definition) is 6. The predicted molar refractivity (Wildman–Crippen MR) is 74.6 cm³/mol. The molecular weight excluding hydrogens is 266 g/mol. The summed E-state index contributed by atoms with van der Waals surface area (Å²) in [5.74, 6) is 0.0579. The van der Waals surface area contributed by atoms with Gasteiger partial charge in [0.25, 0.3) is 5.69 Å². The van der Waals surface area contributed by atoms with E-state index >= 15 is 0 Å². The summed E-state index contributed by atoms with van der Waals surface area (Å²) in [4.78, 5) is 22.9. The summed E-state index contributed by atoms with van der Waals surface area (Å²) in [7, 11) is 1.31. The largest absolute Gasteiger partial charge is 0.490 e. The summed E-state index contributed by atoms with van der Waals surface area (Å²) in [6.45, 7) is 5.95. The molecule has 0 fully saturated rings. The molecule has 0 unspecified atom stereocenters. The number of nitro groups is 2. The molecule has 110 valence electrons. The Morgan fingerprint density at radius 2 is 1.75 bits per heavy atom. The number of hydrogen-bond donors (Lipinski definition) is 0. The van der Waals surface area contributed by atoms with E-state index < -0.39 is 9.85 Å². The van der Waals surface area contributed by atoms with Crippen molar-refractivity contribution in [1.29, 1.82) is 0 Å². The minimum absolute atomic E-state index is 0.00699. The molecule has 0 saturated heterocycles. The van der Waals surface area contributed by atoms with Crippen molar-refractivity contribution >= 4 is 17.1 Å². The number of aryl methyl sites for hydroxylation is 1. The minimum atomic E-state index is -0.632. The van der Waals surface area contributed by atoms with Crippen LogP contribution in [0.15, 0.2) is 6.07 Å². The topological polar surface area (TPSA) is 98.8 Å². The average Bonchev–Trinajstić information content (AvgIpc) is 2.39. The Labute approximate surface area is 116 Å². The summed E-state index contributed by atoms with van der Waals surface area (Å²) < 4.78 is 5.06. The van der Waals surface area contributed by atoms with Crippen LogP contribution in [0.4, 0.5) is 17.1 Å². The standard InChI is InChI=1S/C12H17N3O5/c1-5-13(6-2)10-9(14(16)17)7-8(3)12(20-4)11(10)15(18)19/h7H,5-6H2,1-4H3. The van der Waals surface area contributed by atoms with Crippen molar-refractivity contribution in [3.05, 3.63) is 31.9 Å². The Morgan fingerprint density at radius 1 is 1.20 bits per heavy atom. The molecule has 1 aromatic carbocycles. The van der Waals surface area contributed by atoms with Crippen molar-refractivity contribution in [3.8, 4) is 5.75 Å². The van der Waals surface area contributed by atoms with Gasteiger partial charge < -0.3 is 9.64 Å². The van der Waals surface area contributed by atoms with Crippen LogP contribution in [-0.4, -0.2) is 30.0 Å². The smallest absolute Gasteiger partial charge is 0.341 e. The highest BCUT2D eigenvalue weighted by Crippen LogP contribution is 2.45. The van der Waals surface area contributed by atoms with E-state index in [1.165, 1.54) is 13.2 Å². The summed E-state index contributed by atoms with van der Waals surface area (Å²) in [5.41, 5.74) is -0.282. The summed E-state index contributed by atoms with van der Waals surface area (Å²) in [5, 5.41) is 22.5. The van der Waals surface area contributed by atoms with Gasteiger partial charge >= 0.3 is 5.69 Å². The first kappa shape index (κ1) is 15.7. The maximum absolute atomic E-state index is 11.3. The van der Waals surface area contributed by atoms with Gasteiger partial charge in [-0.05, 0) is 20.8 Å². The third-order valence-corrected chi connectivity index (χ3v) is 3.06. The van der Waals surface area contributed by atoms with Crippen molar-refractivity contribution in [2.45, 2.75) is 20.8 Å². The highest BCUT2D eigenvalue weighted by atomic mass is 16.6. The number of nitro benzene ring substituents is 2. The molecule has 0 saturated carbocycles. The molecule has 8 heteroatoms. The fraction of sp³-hybridized carbons (Fsp3) is 0.500. The lowest BCUT2D eigenvalue weighted by Gasteiger charge is -2.21. The number of anilines is 1. The molecule has 0 spiro atoms. The van der Waals surface area contributed by atoms with Gasteiger partial charge in [0.05, 0.1) is 17.0 Å². The van der Waals surface area contributed by atoms with E-state index in [4.69, 9.17) is 4.74 Å². The van der Waals surface area contributed by atoms with Crippen LogP contribution < -0.4 is 9.64 Å². The molecule has 20 heavy (non-hydrogen) atoms. The van der Waals surface area contributed by atoms with Gasteiger partial charge in [-0.25, -0.2) is 0 Å². The Morgan fingerprint density at radius 3 is 2.10 bits per heavy atom. The van der Waals surface area contributed by atoms with E-state index in [-0.39, 0.29) is 22.8 Å². The van der Waals surface area contributed by atoms with Gasteiger partial charge in [0.15, 0.2) is 5.69 Å². The van der Waals surface area contributed by atoms with Crippen LogP contribution in [0.2, 0.25) is 0 Å².